The number of hydrogen-bond acceptors (Lipinski definition) is 8. The third-order valence-electron chi connectivity index (χ3n) is 6.09. The van der Waals surface area contributed by atoms with E-state index in [4.69, 9.17) is 19.6 Å². The SMILES string of the molecule is Cc1cc(N2CCN(C)CC2)n2nc(CN3CCC4(CC3)OCCO4)nc2n1. The van der Waals surface area contributed by atoms with Gasteiger partial charge in [0.2, 0.25) is 0 Å². The Morgan fingerprint density at radius 1 is 1.00 bits per heavy atom. The molecule has 5 heterocycles. The Morgan fingerprint density at radius 3 is 2.43 bits per heavy atom. The number of aromatic nitrogens is 4. The Kier molecular flexibility index (Phi) is 4.70. The largest absolute Gasteiger partial charge is 0.354 e. The lowest BCUT2D eigenvalue weighted by atomic mass is 10.0. The molecule has 0 saturated carbocycles. The maximum absolute atomic E-state index is 5.83. The smallest absolute Gasteiger partial charge is 0.254 e. The highest BCUT2D eigenvalue weighted by Gasteiger charge is 2.39. The molecule has 0 aromatic carbocycles. The molecule has 1 spiro atoms. The molecule has 2 aromatic heterocycles. The number of piperidine rings is 1. The zero-order valence-corrected chi connectivity index (χ0v) is 16.8. The second-order valence-corrected chi connectivity index (χ2v) is 8.17. The van der Waals surface area contributed by atoms with Gasteiger partial charge in [0.15, 0.2) is 11.6 Å². The summed E-state index contributed by atoms with van der Waals surface area (Å²) in [7, 11) is 2.17. The van der Waals surface area contributed by atoms with E-state index in [1.165, 1.54) is 0 Å². The second-order valence-electron chi connectivity index (χ2n) is 8.17. The van der Waals surface area contributed by atoms with Crippen LogP contribution in [0.5, 0.6) is 0 Å². The number of hydrogen-bond donors (Lipinski definition) is 0. The van der Waals surface area contributed by atoms with Gasteiger partial charge in [-0.1, -0.05) is 0 Å². The molecule has 3 saturated heterocycles. The van der Waals surface area contributed by atoms with Gasteiger partial charge in [0.05, 0.1) is 19.8 Å². The molecule has 3 aliphatic rings. The molecule has 9 heteroatoms. The van der Waals surface area contributed by atoms with Gasteiger partial charge in [-0.05, 0) is 14.0 Å². The van der Waals surface area contributed by atoms with Crippen molar-refractivity contribution in [2.45, 2.75) is 32.1 Å². The second kappa shape index (κ2) is 7.22. The van der Waals surface area contributed by atoms with Crippen LogP contribution in [-0.2, 0) is 16.0 Å². The van der Waals surface area contributed by atoms with Crippen molar-refractivity contribution >= 4 is 11.6 Å². The van der Waals surface area contributed by atoms with Crippen LogP contribution in [0.2, 0.25) is 0 Å². The number of ether oxygens (including phenoxy) is 2. The fourth-order valence-electron chi connectivity index (χ4n) is 4.37. The zero-order valence-electron chi connectivity index (χ0n) is 16.8. The fraction of sp³-hybridized carbons (Fsp3) is 0.737. The summed E-state index contributed by atoms with van der Waals surface area (Å²) in [6, 6.07) is 2.12. The molecule has 0 bridgehead atoms. The lowest BCUT2D eigenvalue weighted by molar-refractivity contribution is -0.185. The number of nitrogens with zero attached hydrogens (tertiary/aromatic N) is 7. The highest BCUT2D eigenvalue weighted by Crippen LogP contribution is 2.31. The van der Waals surface area contributed by atoms with Crippen molar-refractivity contribution in [2.75, 3.05) is 64.4 Å². The van der Waals surface area contributed by atoms with Gasteiger partial charge in [-0.15, -0.1) is 5.10 Å². The lowest BCUT2D eigenvalue weighted by Crippen LogP contribution is -2.45. The van der Waals surface area contributed by atoms with Crippen LogP contribution >= 0.6 is 0 Å². The van der Waals surface area contributed by atoms with E-state index in [0.29, 0.717) is 19.0 Å². The molecule has 3 aliphatic heterocycles. The summed E-state index contributed by atoms with van der Waals surface area (Å²) in [6.45, 7) is 10.2. The van der Waals surface area contributed by atoms with Crippen molar-refractivity contribution in [3.8, 4) is 0 Å². The van der Waals surface area contributed by atoms with Gasteiger partial charge in [-0.25, -0.2) is 4.98 Å². The van der Waals surface area contributed by atoms with Crippen molar-refractivity contribution in [3.05, 3.63) is 17.6 Å². The number of anilines is 1. The van der Waals surface area contributed by atoms with E-state index in [2.05, 4.69) is 32.8 Å². The van der Waals surface area contributed by atoms with Crippen molar-refractivity contribution in [1.29, 1.82) is 0 Å². The highest BCUT2D eigenvalue weighted by atomic mass is 16.7. The van der Waals surface area contributed by atoms with Crippen molar-refractivity contribution in [2.24, 2.45) is 0 Å². The molecule has 9 nitrogen and oxygen atoms in total. The van der Waals surface area contributed by atoms with E-state index in [-0.39, 0.29) is 5.79 Å². The van der Waals surface area contributed by atoms with Gasteiger partial charge in [0.1, 0.15) is 5.82 Å². The van der Waals surface area contributed by atoms with E-state index >= 15 is 0 Å². The molecule has 3 fully saturated rings. The van der Waals surface area contributed by atoms with E-state index in [1.807, 2.05) is 11.4 Å². The maximum Gasteiger partial charge on any atom is 0.254 e. The number of fused-ring (bicyclic) bond motifs is 1. The summed E-state index contributed by atoms with van der Waals surface area (Å²) in [5, 5.41) is 4.81. The number of likely N-dealkylation sites (tertiary alicyclic amines) is 1. The van der Waals surface area contributed by atoms with E-state index in [0.717, 1.165) is 76.0 Å². The van der Waals surface area contributed by atoms with Crippen LogP contribution in [0, 0.1) is 6.92 Å². The Labute approximate surface area is 165 Å². The lowest BCUT2D eigenvalue weighted by Gasteiger charge is -2.37. The van der Waals surface area contributed by atoms with E-state index in [1.54, 1.807) is 0 Å². The van der Waals surface area contributed by atoms with E-state index < -0.39 is 0 Å². The minimum atomic E-state index is -0.337. The van der Waals surface area contributed by atoms with Crippen LogP contribution in [0.4, 0.5) is 5.82 Å². The van der Waals surface area contributed by atoms with Gasteiger partial charge < -0.3 is 19.3 Å². The minimum absolute atomic E-state index is 0.337. The van der Waals surface area contributed by atoms with Crippen LogP contribution in [0.15, 0.2) is 6.07 Å². The summed E-state index contributed by atoms with van der Waals surface area (Å²) < 4.78 is 13.6. The number of aryl methyl sites for hydroxylation is 1. The molecule has 2 aromatic rings. The van der Waals surface area contributed by atoms with Crippen molar-refractivity contribution < 1.29 is 9.47 Å². The standard InChI is InChI=1S/C19H29N7O2/c1-15-13-17(25-9-7-23(2)8-10-25)26-18(20-15)21-16(22-26)14-24-5-3-19(4-6-24)27-11-12-28-19/h13H,3-12,14H2,1-2H3. The Morgan fingerprint density at radius 2 is 1.71 bits per heavy atom. The van der Waals surface area contributed by atoms with Crippen LogP contribution in [-0.4, -0.2) is 94.7 Å². The topological polar surface area (TPSA) is 71.3 Å². The molecule has 0 atom stereocenters. The number of likely N-dealkylation sites (N-methyl/N-ethyl adjacent to an activating group) is 1. The fourth-order valence-corrected chi connectivity index (χ4v) is 4.37. The Bertz CT molecular complexity index is 830. The number of piperazine rings is 1. The molecule has 0 unspecified atom stereocenters. The van der Waals surface area contributed by atoms with Gasteiger partial charge >= 0.3 is 0 Å². The first kappa shape index (κ1) is 18.2. The van der Waals surface area contributed by atoms with Crippen LogP contribution in [0.3, 0.4) is 0 Å². The van der Waals surface area contributed by atoms with Crippen molar-refractivity contribution in [1.82, 2.24) is 29.4 Å². The summed E-state index contributed by atoms with van der Waals surface area (Å²) in [5.41, 5.74) is 0.982. The first-order chi connectivity index (χ1) is 13.6. The predicted molar refractivity (Wildman–Crippen MR) is 104 cm³/mol. The first-order valence-corrected chi connectivity index (χ1v) is 10.3. The molecule has 152 valence electrons. The molecular formula is C19H29N7O2. The number of rotatable bonds is 3. The third-order valence-corrected chi connectivity index (χ3v) is 6.09. The predicted octanol–water partition coefficient (Wildman–Crippen LogP) is 0.523. The van der Waals surface area contributed by atoms with Gasteiger partial charge in [0.25, 0.3) is 5.78 Å². The van der Waals surface area contributed by atoms with Gasteiger partial charge in [-0.2, -0.15) is 9.50 Å². The van der Waals surface area contributed by atoms with Crippen LogP contribution in [0.1, 0.15) is 24.4 Å². The monoisotopic (exact) mass is 387 g/mol. The van der Waals surface area contributed by atoms with Crippen LogP contribution in [0.25, 0.3) is 5.78 Å². The quantitative estimate of drug-likeness (QED) is 0.755. The summed E-state index contributed by atoms with van der Waals surface area (Å²) in [5.74, 6) is 2.29. The molecular weight excluding hydrogens is 358 g/mol. The average molecular weight is 387 g/mol. The average Bonchev–Trinajstić information content (AvgIpc) is 3.31. The molecule has 0 N–H and O–H groups in total. The van der Waals surface area contributed by atoms with Crippen LogP contribution < -0.4 is 4.90 Å². The Hall–Kier alpha value is -1.81. The molecule has 0 radical (unpaired) electrons. The van der Waals surface area contributed by atoms with Gasteiger partial charge in [-0.3, -0.25) is 4.90 Å². The summed E-state index contributed by atoms with van der Waals surface area (Å²) >= 11 is 0. The molecule has 28 heavy (non-hydrogen) atoms. The molecule has 5 rings (SSSR count). The first-order valence-electron chi connectivity index (χ1n) is 10.3. The highest BCUT2D eigenvalue weighted by molar-refractivity contribution is 5.48. The Balaban J connectivity index is 1.33. The maximum atomic E-state index is 5.83. The normalized spacial score (nSPS) is 23.9. The van der Waals surface area contributed by atoms with Gasteiger partial charge in [0, 0.05) is 63.9 Å². The van der Waals surface area contributed by atoms with Crippen molar-refractivity contribution in [3.63, 3.8) is 0 Å². The molecule has 0 aliphatic carbocycles. The minimum Gasteiger partial charge on any atom is -0.354 e. The summed E-state index contributed by atoms with van der Waals surface area (Å²) in [4.78, 5) is 16.5. The van der Waals surface area contributed by atoms with E-state index in [9.17, 15) is 0 Å². The third kappa shape index (κ3) is 3.47. The summed E-state index contributed by atoms with van der Waals surface area (Å²) in [6.07, 6.45) is 1.81. The molecule has 0 amide bonds. The zero-order chi connectivity index (χ0) is 19.1.